The van der Waals surface area contributed by atoms with Crippen LogP contribution in [0.2, 0.25) is 0 Å². The first kappa shape index (κ1) is 21.5. The SMILES string of the molecule is CCCOc1ccc(C(F)(F)F)cc1NC(=O)C1CN(C(C)=O)c2ccccc2O1. The van der Waals surface area contributed by atoms with Gasteiger partial charge in [-0.15, -0.1) is 0 Å². The quantitative estimate of drug-likeness (QED) is 0.783. The van der Waals surface area contributed by atoms with E-state index in [1.54, 1.807) is 24.3 Å². The Morgan fingerprint density at radius 2 is 1.97 bits per heavy atom. The summed E-state index contributed by atoms with van der Waals surface area (Å²) in [5.41, 5.74) is -0.498. The number of nitrogens with zero attached hydrogens (tertiary/aromatic N) is 1. The summed E-state index contributed by atoms with van der Waals surface area (Å²) in [5, 5.41) is 2.47. The largest absolute Gasteiger partial charge is 0.491 e. The zero-order valence-electron chi connectivity index (χ0n) is 16.5. The Labute approximate surface area is 171 Å². The van der Waals surface area contributed by atoms with Crippen LogP contribution in [0.1, 0.15) is 25.8 Å². The van der Waals surface area contributed by atoms with Gasteiger partial charge in [-0.3, -0.25) is 9.59 Å². The molecule has 0 saturated heterocycles. The Morgan fingerprint density at radius 1 is 1.23 bits per heavy atom. The van der Waals surface area contributed by atoms with Crippen molar-refractivity contribution in [3.8, 4) is 11.5 Å². The second kappa shape index (κ2) is 8.64. The second-order valence-corrected chi connectivity index (χ2v) is 6.75. The number of nitrogens with one attached hydrogen (secondary N) is 1. The Balaban J connectivity index is 1.87. The Bertz CT molecular complexity index is 946. The van der Waals surface area contributed by atoms with Crippen molar-refractivity contribution in [3.63, 3.8) is 0 Å². The second-order valence-electron chi connectivity index (χ2n) is 6.75. The highest BCUT2D eigenvalue weighted by Crippen LogP contribution is 2.36. The summed E-state index contributed by atoms with van der Waals surface area (Å²) in [5.74, 6) is -0.505. The molecule has 0 radical (unpaired) electrons. The Kier molecular flexibility index (Phi) is 6.19. The number of anilines is 2. The molecule has 6 nitrogen and oxygen atoms in total. The van der Waals surface area contributed by atoms with Crippen LogP contribution in [0.3, 0.4) is 0 Å². The lowest BCUT2D eigenvalue weighted by Gasteiger charge is -2.33. The number of fused-ring (bicyclic) bond motifs is 1. The average Bonchev–Trinajstić information content (AvgIpc) is 2.71. The molecule has 160 valence electrons. The molecule has 0 aromatic heterocycles. The number of carbonyl (C=O) groups is 2. The van der Waals surface area contributed by atoms with E-state index >= 15 is 0 Å². The molecule has 0 bridgehead atoms. The number of hydrogen-bond acceptors (Lipinski definition) is 4. The van der Waals surface area contributed by atoms with Gasteiger partial charge in [0.15, 0.2) is 6.10 Å². The molecule has 2 aromatic rings. The first-order valence-electron chi connectivity index (χ1n) is 9.39. The number of hydrogen-bond donors (Lipinski definition) is 1. The minimum absolute atomic E-state index is 0.0672. The van der Waals surface area contributed by atoms with Crippen molar-refractivity contribution in [1.29, 1.82) is 0 Å². The van der Waals surface area contributed by atoms with Crippen molar-refractivity contribution in [2.24, 2.45) is 0 Å². The van der Waals surface area contributed by atoms with Gasteiger partial charge in [-0.05, 0) is 36.8 Å². The minimum Gasteiger partial charge on any atom is -0.491 e. The van der Waals surface area contributed by atoms with Gasteiger partial charge < -0.3 is 19.7 Å². The molecule has 1 aliphatic heterocycles. The lowest BCUT2D eigenvalue weighted by molar-refractivity contribution is -0.137. The molecule has 0 aliphatic carbocycles. The first-order chi connectivity index (χ1) is 14.2. The summed E-state index contributed by atoms with van der Waals surface area (Å²) in [6, 6.07) is 9.62. The standard InChI is InChI=1S/C21H21F3N2O4/c1-3-10-29-17-9-8-14(21(22,23)24)11-15(17)25-20(28)19-12-26(13(2)27)16-6-4-5-7-18(16)30-19/h4-9,11,19H,3,10,12H2,1-2H3,(H,25,28). The molecule has 30 heavy (non-hydrogen) atoms. The Morgan fingerprint density at radius 3 is 2.63 bits per heavy atom. The van der Waals surface area contributed by atoms with Crippen molar-refractivity contribution >= 4 is 23.2 Å². The summed E-state index contributed by atoms with van der Waals surface area (Å²) in [4.78, 5) is 26.2. The summed E-state index contributed by atoms with van der Waals surface area (Å²) in [6.45, 7) is 3.43. The van der Waals surface area contributed by atoms with E-state index in [4.69, 9.17) is 9.47 Å². The van der Waals surface area contributed by atoms with Crippen LogP contribution in [0.4, 0.5) is 24.5 Å². The number of amides is 2. The third-order valence-corrected chi connectivity index (χ3v) is 4.47. The van der Waals surface area contributed by atoms with Crippen LogP contribution in [-0.4, -0.2) is 31.1 Å². The van der Waals surface area contributed by atoms with Crippen molar-refractivity contribution in [1.82, 2.24) is 0 Å². The van der Waals surface area contributed by atoms with Gasteiger partial charge in [0.1, 0.15) is 11.5 Å². The van der Waals surface area contributed by atoms with Crippen LogP contribution in [0.5, 0.6) is 11.5 Å². The van der Waals surface area contributed by atoms with E-state index in [1.807, 2.05) is 6.92 Å². The molecule has 3 rings (SSSR count). The lowest BCUT2D eigenvalue weighted by Crippen LogP contribution is -2.48. The van der Waals surface area contributed by atoms with Crippen LogP contribution in [-0.2, 0) is 15.8 Å². The molecule has 0 saturated carbocycles. The number of ether oxygens (including phenoxy) is 2. The van der Waals surface area contributed by atoms with E-state index in [9.17, 15) is 22.8 Å². The molecule has 0 fully saturated rings. The molecule has 1 N–H and O–H groups in total. The summed E-state index contributed by atoms with van der Waals surface area (Å²) < 4.78 is 50.5. The van der Waals surface area contributed by atoms with Gasteiger partial charge in [-0.2, -0.15) is 13.2 Å². The maximum Gasteiger partial charge on any atom is 0.416 e. The molecule has 1 atom stereocenters. The normalized spacial score (nSPS) is 15.8. The van der Waals surface area contributed by atoms with E-state index < -0.39 is 23.8 Å². The molecular formula is C21H21F3N2O4. The molecule has 9 heteroatoms. The molecule has 0 spiro atoms. The van der Waals surface area contributed by atoms with Crippen LogP contribution in [0.25, 0.3) is 0 Å². The average molecular weight is 422 g/mol. The fourth-order valence-electron chi connectivity index (χ4n) is 3.02. The van der Waals surface area contributed by atoms with E-state index in [0.29, 0.717) is 17.9 Å². The highest BCUT2D eigenvalue weighted by Gasteiger charge is 2.34. The summed E-state index contributed by atoms with van der Waals surface area (Å²) in [6.07, 6.45) is -5.03. The van der Waals surface area contributed by atoms with E-state index in [-0.39, 0.29) is 30.5 Å². The highest BCUT2D eigenvalue weighted by molar-refractivity contribution is 6.00. The summed E-state index contributed by atoms with van der Waals surface area (Å²) in [7, 11) is 0. The van der Waals surface area contributed by atoms with Crippen molar-refractivity contribution in [2.75, 3.05) is 23.4 Å². The first-order valence-corrected chi connectivity index (χ1v) is 9.39. The minimum atomic E-state index is -4.57. The molecule has 1 heterocycles. The van der Waals surface area contributed by atoms with E-state index in [2.05, 4.69) is 5.32 Å². The van der Waals surface area contributed by atoms with Crippen molar-refractivity contribution in [2.45, 2.75) is 32.5 Å². The molecule has 2 aromatic carbocycles. The highest BCUT2D eigenvalue weighted by atomic mass is 19.4. The van der Waals surface area contributed by atoms with Crippen LogP contribution >= 0.6 is 0 Å². The van der Waals surface area contributed by atoms with Gasteiger partial charge in [0.2, 0.25) is 5.91 Å². The fourth-order valence-corrected chi connectivity index (χ4v) is 3.02. The fraction of sp³-hybridized carbons (Fsp3) is 0.333. The topological polar surface area (TPSA) is 67.9 Å². The number of benzene rings is 2. The van der Waals surface area contributed by atoms with Crippen LogP contribution in [0, 0.1) is 0 Å². The predicted octanol–water partition coefficient (Wildman–Crippen LogP) is 4.25. The smallest absolute Gasteiger partial charge is 0.416 e. The lowest BCUT2D eigenvalue weighted by atomic mass is 10.1. The van der Waals surface area contributed by atoms with Gasteiger partial charge in [-0.25, -0.2) is 0 Å². The zero-order valence-corrected chi connectivity index (χ0v) is 16.5. The number of rotatable bonds is 5. The van der Waals surface area contributed by atoms with E-state index in [1.165, 1.54) is 17.9 Å². The molecular weight excluding hydrogens is 401 g/mol. The van der Waals surface area contributed by atoms with Gasteiger partial charge >= 0.3 is 6.18 Å². The third kappa shape index (κ3) is 4.67. The molecule has 1 unspecified atom stereocenters. The van der Waals surface area contributed by atoms with Crippen molar-refractivity contribution in [3.05, 3.63) is 48.0 Å². The van der Waals surface area contributed by atoms with E-state index in [0.717, 1.165) is 12.1 Å². The number of carbonyl (C=O) groups excluding carboxylic acids is 2. The summed E-state index contributed by atoms with van der Waals surface area (Å²) >= 11 is 0. The predicted molar refractivity (Wildman–Crippen MR) is 105 cm³/mol. The van der Waals surface area contributed by atoms with Gasteiger partial charge in [0.25, 0.3) is 5.91 Å². The monoisotopic (exact) mass is 422 g/mol. The molecule has 1 aliphatic rings. The van der Waals surface area contributed by atoms with Gasteiger partial charge in [0.05, 0.1) is 30.1 Å². The van der Waals surface area contributed by atoms with Crippen LogP contribution < -0.4 is 19.7 Å². The van der Waals surface area contributed by atoms with Crippen molar-refractivity contribution < 1.29 is 32.2 Å². The number of para-hydroxylation sites is 2. The maximum atomic E-state index is 13.1. The Hall–Kier alpha value is -3.23. The number of halogens is 3. The van der Waals surface area contributed by atoms with Crippen LogP contribution in [0.15, 0.2) is 42.5 Å². The zero-order chi connectivity index (χ0) is 21.9. The molecule has 2 amide bonds. The third-order valence-electron chi connectivity index (χ3n) is 4.47. The van der Waals surface area contributed by atoms with Gasteiger partial charge in [-0.1, -0.05) is 19.1 Å². The number of alkyl halides is 3. The van der Waals surface area contributed by atoms with Gasteiger partial charge in [0, 0.05) is 6.92 Å². The maximum absolute atomic E-state index is 13.1.